The van der Waals surface area contributed by atoms with Crippen molar-refractivity contribution in [2.24, 2.45) is 5.73 Å². The molecule has 0 unspecified atom stereocenters. The van der Waals surface area contributed by atoms with Crippen LogP contribution < -0.4 is 10.5 Å². The van der Waals surface area contributed by atoms with Gasteiger partial charge in [-0.2, -0.15) is 0 Å². The maximum Gasteiger partial charge on any atom is 0.122 e. The van der Waals surface area contributed by atoms with Crippen molar-refractivity contribution >= 4 is 0 Å². The molecule has 0 fully saturated rings. The summed E-state index contributed by atoms with van der Waals surface area (Å²) in [5.74, 6) is 0.987. The highest BCUT2D eigenvalue weighted by Gasteiger charge is 2.21. The van der Waals surface area contributed by atoms with Gasteiger partial charge in [0.2, 0.25) is 0 Å². The summed E-state index contributed by atoms with van der Waals surface area (Å²) in [6.07, 6.45) is 2.01. The number of nitrogens with two attached hydrogens (primary N) is 1. The van der Waals surface area contributed by atoms with Gasteiger partial charge in [-0.25, -0.2) is 0 Å². The van der Waals surface area contributed by atoms with Crippen molar-refractivity contribution in [2.75, 3.05) is 7.11 Å². The third-order valence-electron chi connectivity index (χ3n) is 3.50. The Kier molecular flexibility index (Phi) is 4.67. The highest BCUT2D eigenvalue weighted by Crippen LogP contribution is 2.34. The van der Waals surface area contributed by atoms with Gasteiger partial charge in [0.15, 0.2) is 0 Å². The number of hydrogen-bond donors (Lipinski definition) is 1. The van der Waals surface area contributed by atoms with Crippen LogP contribution in [0.4, 0.5) is 0 Å². The van der Waals surface area contributed by atoms with Gasteiger partial charge in [-0.05, 0) is 61.8 Å². The first-order valence-electron chi connectivity index (χ1n) is 7.01. The molecule has 1 aromatic rings. The second-order valence-electron chi connectivity index (χ2n) is 7.22. The van der Waals surface area contributed by atoms with Crippen LogP contribution in [-0.4, -0.2) is 12.6 Å². The summed E-state index contributed by atoms with van der Waals surface area (Å²) in [6.45, 7) is 13.0. The summed E-state index contributed by atoms with van der Waals surface area (Å²) >= 11 is 0. The Morgan fingerprint density at radius 3 is 2.11 bits per heavy atom. The van der Waals surface area contributed by atoms with Gasteiger partial charge < -0.3 is 10.5 Å². The molecule has 0 aliphatic carbocycles. The van der Waals surface area contributed by atoms with Gasteiger partial charge in [0.05, 0.1) is 7.11 Å². The van der Waals surface area contributed by atoms with E-state index in [0.717, 1.165) is 18.6 Å². The standard InChI is InChI=1S/C17H29NO/c1-12-10-15(19-7)14(16(2,3)4)11-13(12)8-9-17(5,6)18/h10-11H,8-9,18H2,1-7H3. The topological polar surface area (TPSA) is 35.2 Å². The molecule has 2 nitrogen and oxygen atoms in total. The van der Waals surface area contributed by atoms with Crippen LogP contribution in [0, 0.1) is 6.92 Å². The molecule has 0 atom stereocenters. The van der Waals surface area contributed by atoms with E-state index in [4.69, 9.17) is 10.5 Å². The fourth-order valence-electron chi connectivity index (χ4n) is 2.21. The zero-order valence-corrected chi connectivity index (χ0v) is 13.6. The number of aryl methyl sites for hydroxylation is 2. The molecule has 19 heavy (non-hydrogen) atoms. The van der Waals surface area contributed by atoms with Gasteiger partial charge in [0.1, 0.15) is 5.75 Å². The monoisotopic (exact) mass is 263 g/mol. The average Bonchev–Trinajstić information content (AvgIpc) is 2.24. The molecule has 0 aliphatic heterocycles. The first kappa shape index (κ1) is 16.0. The van der Waals surface area contributed by atoms with Crippen molar-refractivity contribution in [2.45, 2.75) is 65.3 Å². The summed E-state index contributed by atoms with van der Waals surface area (Å²) in [4.78, 5) is 0. The second-order valence-corrected chi connectivity index (χ2v) is 7.22. The molecule has 2 N–H and O–H groups in total. The molecular weight excluding hydrogens is 234 g/mol. The fraction of sp³-hybridized carbons (Fsp3) is 0.647. The Labute approximate surface area is 118 Å². The van der Waals surface area contributed by atoms with Crippen molar-refractivity contribution in [3.63, 3.8) is 0 Å². The molecule has 1 rings (SSSR count). The lowest BCUT2D eigenvalue weighted by atomic mass is 9.83. The van der Waals surface area contributed by atoms with Crippen LogP contribution in [0.15, 0.2) is 12.1 Å². The minimum absolute atomic E-state index is 0.0893. The molecule has 0 radical (unpaired) electrons. The lowest BCUT2D eigenvalue weighted by Gasteiger charge is -2.25. The van der Waals surface area contributed by atoms with Gasteiger partial charge in [-0.1, -0.05) is 26.8 Å². The van der Waals surface area contributed by atoms with Crippen LogP contribution in [-0.2, 0) is 11.8 Å². The smallest absolute Gasteiger partial charge is 0.122 e. The van der Waals surface area contributed by atoms with Crippen LogP contribution in [0.5, 0.6) is 5.75 Å². The Bertz CT molecular complexity index is 436. The van der Waals surface area contributed by atoms with E-state index in [9.17, 15) is 0 Å². The zero-order chi connectivity index (χ0) is 14.8. The lowest BCUT2D eigenvalue weighted by molar-refractivity contribution is 0.396. The summed E-state index contributed by atoms with van der Waals surface area (Å²) in [7, 11) is 1.74. The number of rotatable bonds is 4. The summed E-state index contributed by atoms with van der Waals surface area (Å²) in [6, 6.07) is 4.44. The third-order valence-corrected chi connectivity index (χ3v) is 3.50. The molecule has 2 heteroatoms. The minimum Gasteiger partial charge on any atom is -0.496 e. The normalized spacial score (nSPS) is 12.6. The molecule has 0 spiro atoms. The third kappa shape index (κ3) is 4.54. The van der Waals surface area contributed by atoms with Gasteiger partial charge in [0.25, 0.3) is 0 Å². The van der Waals surface area contributed by atoms with Crippen LogP contribution in [0.25, 0.3) is 0 Å². The predicted octanol–water partition coefficient (Wildman–Crippen LogP) is 3.97. The average molecular weight is 263 g/mol. The molecule has 0 saturated heterocycles. The highest BCUT2D eigenvalue weighted by atomic mass is 16.5. The molecule has 0 saturated carbocycles. The number of benzene rings is 1. The van der Waals surface area contributed by atoms with Gasteiger partial charge in [-0.3, -0.25) is 0 Å². The molecule has 0 amide bonds. The van der Waals surface area contributed by atoms with E-state index in [2.05, 4.69) is 53.7 Å². The molecule has 1 aromatic carbocycles. The van der Waals surface area contributed by atoms with E-state index in [1.54, 1.807) is 7.11 Å². The molecule has 108 valence electrons. The van der Waals surface area contributed by atoms with Crippen LogP contribution >= 0.6 is 0 Å². The van der Waals surface area contributed by atoms with Crippen molar-refractivity contribution in [3.05, 3.63) is 28.8 Å². The quantitative estimate of drug-likeness (QED) is 0.892. The zero-order valence-electron chi connectivity index (χ0n) is 13.6. The van der Waals surface area contributed by atoms with Crippen LogP contribution in [0.1, 0.15) is 57.7 Å². The maximum atomic E-state index is 6.09. The Hall–Kier alpha value is -1.02. The summed E-state index contributed by atoms with van der Waals surface area (Å²) in [5.41, 5.74) is 10.00. The van der Waals surface area contributed by atoms with E-state index in [1.165, 1.54) is 16.7 Å². The molecule has 0 bridgehead atoms. The summed E-state index contributed by atoms with van der Waals surface area (Å²) < 4.78 is 5.53. The highest BCUT2D eigenvalue weighted by molar-refractivity contribution is 5.45. The van der Waals surface area contributed by atoms with E-state index in [-0.39, 0.29) is 11.0 Å². The Balaban J connectivity index is 3.13. The van der Waals surface area contributed by atoms with E-state index < -0.39 is 0 Å². The van der Waals surface area contributed by atoms with Crippen molar-refractivity contribution in [3.8, 4) is 5.75 Å². The Morgan fingerprint density at radius 1 is 1.11 bits per heavy atom. The molecule has 0 aliphatic rings. The van der Waals surface area contributed by atoms with Gasteiger partial charge in [-0.15, -0.1) is 0 Å². The fourth-order valence-corrected chi connectivity index (χ4v) is 2.21. The predicted molar refractivity (Wildman–Crippen MR) is 83.0 cm³/mol. The van der Waals surface area contributed by atoms with Gasteiger partial charge in [0, 0.05) is 5.54 Å². The molecule has 0 aromatic heterocycles. The largest absolute Gasteiger partial charge is 0.496 e. The van der Waals surface area contributed by atoms with E-state index >= 15 is 0 Å². The molecular formula is C17H29NO. The SMILES string of the molecule is COc1cc(C)c(CCC(C)(C)N)cc1C(C)(C)C. The van der Waals surface area contributed by atoms with E-state index in [1.807, 2.05) is 0 Å². The lowest BCUT2D eigenvalue weighted by Crippen LogP contribution is -2.32. The number of methoxy groups -OCH3 is 1. The van der Waals surface area contributed by atoms with Crippen molar-refractivity contribution in [1.82, 2.24) is 0 Å². The first-order valence-corrected chi connectivity index (χ1v) is 7.01. The maximum absolute atomic E-state index is 6.09. The van der Waals surface area contributed by atoms with Gasteiger partial charge >= 0.3 is 0 Å². The first-order chi connectivity index (χ1) is 8.54. The van der Waals surface area contributed by atoms with Crippen molar-refractivity contribution in [1.29, 1.82) is 0 Å². The Morgan fingerprint density at radius 2 is 1.68 bits per heavy atom. The van der Waals surface area contributed by atoms with Crippen LogP contribution in [0.3, 0.4) is 0 Å². The van der Waals surface area contributed by atoms with Crippen LogP contribution in [0.2, 0.25) is 0 Å². The summed E-state index contributed by atoms with van der Waals surface area (Å²) in [5, 5.41) is 0. The molecule has 0 heterocycles. The minimum atomic E-state index is -0.117. The second kappa shape index (κ2) is 5.54. The van der Waals surface area contributed by atoms with E-state index in [0.29, 0.717) is 0 Å². The van der Waals surface area contributed by atoms with Crippen molar-refractivity contribution < 1.29 is 4.74 Å². The number of hydrogen-bond acceptors (Lipinski definition) is 2. The number of ether oxygens (including phenoxy) is 1.